The summed E-state index contributed by atoms with van der Waals surface area (Å²) < 4.78 is 27.9. The van der Waals surface area contributed by atoms with Crippen molar-refractivity contribution in [3.8, 4) is 17.1 Å². The molecule has 0 saturated carbocycles. The molecular weight excluding hydrogens is 485 g/mol. The van der Waals surface area contributed by atoms with Gasteiger partial charge in [0.2, 0.25) is 5.88 Å². The molecule has 1 amide bonds. The van der Waals surface area contributed by atoms with Crippen molar-refractivity contribution in [1.29, 1.82) is 0 Å². The Bertz CT molecular complexity index is 1280. The Kier molecular flexibility index (Phi) is 8.25. The fourth-order valence-electron chi connectivity index (χ4n) is 4.98. The van der Waals surface area contributed by atoms with E-state index in [1.165, 1.54) is 6.07 Å². The zero-order chi connectivity index (χ0) is 27.6. The number of fused-ring (bicyclic) bond motifs is 1. The molecule has 3 aromatic rings. The topological polar surface area (TPSA) is 72.7 Å². The SMILES string of the molecule is CCn1ncc2c(F)cc(-c3ccc(C(CN4CCN(C(=O)OC(C)(C)C)CC4)C(C)C)c(OC)n3)cc21. The second-order valence-corrected chi connectivity index (χ2v) is 11.3. The maximum absolute atomic E-state index is 14.8. The van der Waals surface area contributed by atoms with Crippen LogP contribution in [0.25, 0.3) is 22.2 Å². The minimum Gasteiger partial charge on any atom is -0.481 e. The summed E-state index contributed by atoms with van der Waals surface area (Å²) in [4.78, 5) is 21.4. The third kappa shape index (κ3) is 6.09. The maximum Gasteiger partial charge on any atom is 0.410 e. The van der Waals surface area contributed by atoms with Crippen LogP contribution in [0.2, 0.25) is 0 Å². The highest BCUT2D eigenvalue weighted by atomic mass is 19.1. The van der Waals surface area contributed by atoms with Crippen LogP contribution in [0.3, 0.4) is 0 Å². The van der Waals surface area contributed by atoms with E-state index in [4.69, 9.17) is 14.5 Å². The normalized spacial score (nSPS) is 15.8. The number of benzene rings is 1. The van der Waals surface area contributed by atoms with Gasteiger partial charge in [0.15, 0.2) is 0 Å². The van der Waals surface area contributed by atoms with E-state index in [9.17, 15) is 9.18 Å². The van der Waals surface area contributed by atoms with Gasteiger partial charge >= 0.3 is 6.09 Å². The molecule has 8 nitrogen and oxygen atoms in total. The Morgan fingerprint density at radius 2 is 1.84 bits per heavy atom. The van der Waals surface area contributed by atoms with Crippen LogP contribution in [0.1, 0.15) is 53.0 Å². The summed E-state index contributed by atoms with van der Waals surface area (Å²) in [7, 11) is 1.63. The number of hydrogen-bond donors (Lipinski definition) is 0. The second kappa shape index (κ2) is 11.3. The van der Waals surface area contributed by atoms with Gasteiger partial charge in [-0.3, -0.25) is 9.58 Å². The molecule has 0 bridgehead atoms. The second-order valence-electron chi connectivity index (χ2n) is 11.3. The number of nitrogens with zero attached hydrogens (tertiary/aromatic N) is 5. The van der Waals surface area contributed by atoms with Crippen LogP contribution < -0.4 is 4.74 Å². The van der Waals surface area contributed by atoms with Gasteiger partial charge in [-0.1, -0.05) is 19.9 Å². The molecule has 1 unspecified atom stereocenters. The van der Waals surface area contributed by atoms with Crippen LogP contribution in [-0.2, 0) is 11.3 Å². The summed E-state index contributed by atoms with van der Waals surface area (Å²) in [6, 6.07) is 7.44. The van der Waals surface area contributed by atoms with E-state index in [1.807, 2.05) is 39.8 Å². The molecule has 1 fully saturated rings. The minimum absolute atomic E-state index is 0.181. The molecule has 0 aliphatic carbocycles. The molecule has 4 rings (SSSR count). The van der Waals surface area contributed by atoms with Crippen molar-refractivity contribution in [1.82, 2.24) is 24.6 Å². The number of rotatable bonds is 7. The van der Waals surface area contributed by atoms with Crippen molar-refractivity contribution < 1.29 is 18.7 Å². The lowest BCUT2D eigenvalue weighted by Gasteiger charge is -2.38. The Balaban J connectivity index is 1.53. The van der Waals surface area contributed by atoms with Gasteiger partial charge in [0.05, 0.1) is 29.9 Å². The monoisotopic (exact) mass is 525 g/mol. The van der Waals surface area contributed by atoms with Gasteiger partial charge in [0.1, 0.15) is 11.4 Å². The molecule has 1 aliphatic heterocycles. The van der Waals surface area contributed by atoms with Crippen LogP contribution in [-0.4, -0.2) is 76.1 Å². The van der Waals surface area contributed by atoms with Crippen LogP contribution in [0.4, 0.5) is 9.18 Å². The molecule has 1 aliphatic rings. The molecule has 3 heterocycles. The smallest absolute Gasteiger partial charge is 0.410 e. The fourth-order valence-corrected chi connectivity index (χ4v) is 4.98. The molecule has 1 saturated heterocycles. The van der Waals surface area contributed by atoms with Gasteiger partial charge in [0, 0.05) is 56.3 Å². The van der Waals surface area contributed by atoms with E-state index < -0.39 is 5.60 Å². The predicted octanol–water partition coefficient (Wildman–Crippen LogP) is 5.56. The standard InChI is InChI=1S/C29H40FN5O3/c1-8-35-26-16-20(15-24(30)22(26)17-31-35)25-10-9-21(27(32-25)37-7)23(19(2)3)18-33-11-13-34(14-12-33)28(36)38-29(4,5)6/h9-10,15-17,19,23H,8,11-14,18H2,1-7H3. The first kappa shape index (κ1) is 27.8. The highest BCUT2D eigenvalue weighted by molar-refractivity contribution is 5.84. The summed E-state index contributed by atoms with van der Waals surface area (Å²) in [6.07, 6.45) is 1.31. The highest BCUT2D eigenvalue weighted by Gasteiger charge is 2.29. The first-order chi connectivity index (χ1) is 18.0. The quantitative estimate of drug-likeness (QED) is 0.402. The molecular formula is C29H40FN5O3. The van der Waals surface area contributed by atoms with Gasteiger partial charge in [-0.25, -0.2) is 14.2 Å². The molecule has 0 radical (unpaired) electrons. The van der Waals surface area contributed by atoms with E-state index in [0.717, 1.165) is 30.7 Å². The lowest BCUT2D eigenvalue weighted by atomic mass is 9.88. The van der Waals surface area contributed by atoms with Crippen LogP contribution >= 0.6 is 0 Å². The van der Waals surface area contributed by atoms with E-state index in [2.05, 4.69) is 29.9 Å². The van der Waals surface area contributed by atoms with Gasteiger partial charge in [-0.2, -0.15) is 5.10 Å². The molecule has 206 valence electrons. The lowest BCUT2D eigenvalue weighted by Crippen LogP contribution is -2.51. The van der Waals surface area contributed by atoms with Crippen molar-refractivity contribution in [2.75, 3.05) is 39.8 Å². The molecule has 0 spiro atoms. The van der Waals surface area contributed by atoms with E-state index in [0.29, 0.717) is 48.1 Å². The maximum atomic E-state index is 14.8. The first-order valence-electron chi connectivity index (χ1n) is 13.4. The zero-order valence-electron chi connectivity index (χ0n) is 23.6. The molecule has 1 aromatic carbocycles. The van der Waals surface area contributed by atoms with E-state index >= 15 is 0 Å². The largest absolute Gasteiger partial charge is 0.481 e. The Labute approximate surface area is 224 Å². The number of aryl methyl sites for hydroxylation is 1. The summed E-state index contributed by atoms with van der Waals surface area (Å²) in [5.74, 6) is 0.763. The van der Waals surface area contributed by atoms with Gasteiger partial charge in [-0.15, -0.1) is 0 Å². The van der Waals surface area contributed by atoms with Crippen molar-refractivity contribution in [3.05, 3.63) is 41.8 Å². The molecule has 9 heteroatoms. The fraction of sp³-hybridized carbons (Fsp3) is 0.552. The zero-order valence-corrected chi connectivity index (χ0v) is 23.6. The third-order valence-electron chi connectivity index (χ3n) is 7.07. The van der Waals surface area contributed by atoms with Crippen LogP contribution in [0, 0.1) is 11.7 Å². The average molecular weight is 526 g/mol. The summed E-state index contributed by atoms with van der Waals surface area (Å²) in [5.41, 5.74) is 2.62. The number of pyridine rings is 1. The number of ether oxygens (including phenoxy) is 2. The van der Waals surface area contributed by atoms with Crippen molar-refractivity contribution in [2.45, 2.75) is 59.6 Å². The summed E-state index contributed by atoms with van der Waals surface area (Å²) in [6.45, 7) is 16.3. The number of aromatic nitrogens is 3. The molecule has 1 atom stereocenters. The number of carbonyl (C=O) groups excluding carboxylic acids is 1. The molecule has 2 aromatic heterocycles. The van der Waals surface area contributed by atoms with Crippen LogP contribution in [0.5, 0.6) is 5.88 Å². The van der Waals surface area contributed by atoms with E-state index in [-0.39, 0.29) is 17.8 Å². The van der Waals surface area contributed by atoms with Crippen molar-refractivity contribution in [3.63, 3.8) is 0 Å². The summed E-state index contributed by atoms with van der Waals surface area (Å²) >= 11 is 0. The Morgan fingerprint density at radius 3 is 2.45 bits per heavy atom. The Hall–Kier alpha value is -3.20. The van der Waals surface area contributed by atoms with Gasteiger partial charge in [0.25, 0.3) is 0 Å². The third-order valence-corrected chi connectivity index (χ3v) is 7.07. The number of piperazine rings is 1. The lowest BCUT2D eigenvalue weighted by molar-refractivity contribution is 0.0137. The first-order valence-corrected chi connectivity index (χ1v) is 13.4. The number of halogens is 1. The van der Waals surface area contributed by atoms with Crippen LogP contribution in [0.15, 0.2) is 30.5 Å². The number of amides is 1. The average Bonchev–Trinajstić information content (AvgIpc) is 3.30. The van der Waals surface area contributed by atoms with E-state index in [1.54, 1.807) is 22.9 Å². The van der Waals surface area contributed by atoms with Gasteiger partial charge in [-0.05, 0) is 51.8 Å². The van der Waals surface area contributed by atoms with Gasteiger partial charge < -0.3 is 14.4 Å². The van der Waals surface area contributed by atoms with Crippen molar-refractivity contribution in [2.24, 2.45) is 5.92 Å². The number of hydrogen-bond acceptors (Lipinski definition) is 6. The molecule has 0 N–H and O–H groups in total. The molecule has 38 heavy (non-hydrogen) atoms. The number of methoxy groups -OCH3 is 1. The minimum atomic E-state index is -0.499. The Morgan fingerprint density at radius 1 is 1.13 bits per heavy atom. The highest BCUT2D eigenvalue weighted by Crippen LogP contribution is 2.35. The van der Waals surface area contributed by atoms with Crippen molar-refractivity contribution >= 4 is 17.0 Å². The summed E-state index contributed by atoms with van der Waals surface area (Å²) in [5, 5.41) is 4.79. The predicted molar refractivity (Wildman–Crippen MR) is 147 cm³/mol. The number of carbonyl (C=O) groups is 1.